The largest absolute Gasteiger partial charge is 0.326 e. The lowest BCUT2D eigenvalue weighted by Gasteiger charge is -2.16. The zero-order valence-electron chi connectivity index (χ0n) is 9.27. The maximum atomic E-state index is 11.5. The van der Waals surface area contributed by atoms with Crippen LogP contribution in [-0.4, -0.2) is 47.6 Å². The van der Waals surface area contributed by atoms with Crippen molar-refractivity contribution in [1.82, 2.24) is 9.80 Å². The van der Waals surface area contributed by atoms with Crippen LogP contribution >= 0.6 is 12.6 Å². The van der Waals surface area contributed by atoms with Gasteiger partial charge in [-0.15, -0.1) is 0 Å². The zero-order valence-corrected chi connectivity index (χ0v) is 10.2. The Bertz CT molecular complexity index is 258. The molecule has 0 N–H and O–H groups in total. The number of carbonyl (C=O) groups excluding carboxylic acids is 2. The summed E-state index contributed by atoms with van der Waals surface area (Å²) in [4.78, 5) is 25.7. The molecule has 0 aliphatic carbocycles. The van der Waals surface area contributed by atoms with Gasteiger partial charge in [-0.2, -0.15) is 12.6 Å². The van der Waals surface area contributed by atoms with E-state index in [0.717, 1.165) is 18.6 Å². The number of amides is 3. The maximum absolute atomic E-state index is 11.5. The summed E-state index contributed by atoms with van der Waals surface area (Å²) in [6.07, 6.45) is 1.89. The highest BCUT2D eigenvalue weighted by atomic mass is 32.1. The molecule has 1 fully saturated rings. The van der Waals surface area contributed by atoms with Crippen molar-refractivity contribution in [3.8, 4) is 0 Å². The molecular formula is C10H18N2O2S. The van der Waals surface area contributed by atoms with Crippen LogP contribution in [0.15, 0.2) is 0 Å². The molecule has 1 atom stereocenters. The van der Waals surface area contributed by atoms with Crippen LogP contribution in [0.5, 0.6) is 0 Å². The number of urea groups is 1. The Labute approximate surface area is 96.0 Å². The lowest BCUT2D eigenvalue weighted by atomic mass is 10.1. The predicted molar refractivity (Wildman–Crippen MR) is 62.0 cm³/mol. The number of imide groups is 1. The molecular weight excluding hydrogens is 212 g/mol. The molecule has 0 saturated carbocycles. The van der Waals surface area contributed by atoms with Gasteiger partial charge in [0.25, 0.3) is 0 Å². The van der Waals surface area contributed by atoms with Crippen LogP contribution in [0.25, 0.3) is 0 Å². The van der Waals surface area contributed by atoms with Gasteiger partial charge in [0, 0.05) is 13.6 Å². The van der Waals surface area contributed by atoms with E-state index < -0.39 is 0 Å². The number of likely N-dealkylation sites (N-methyl/N-ethyl adjacent to an activating group) is 1. The van der Waals surface area contributed by atoms with Crippen LogP contribution in [0.3, 0.4) is 0 Å². The summed E-state index contributed by atoms with van der Waals surface area (Å²) in [5, 5.41) is 0. The lowest BCUT2D eigenvalue weighted by Crippen LogP contribution is -2.33. The Morgan fingerprint density at radius 1 is 1.40 bits per heavy atom. The van der Waals surface area contributed by atoms with Gasteiger partial charge in [0.15, 0.2) is 0 Å². The summed E-state index contributed by atoms with van der Waals surface area (Å²) in [6.45, 7) is 2.88. The molecule has 1 aliphatic rings. The molecule has 5 heteroatoms. The van der Waals surface area contributed by atoms with E-state index in [4.69, 9.17) is 0 Å². The van der Waals surface area contributed by atoms with Gasteiger partial charge in [0.2, 0.25) is 5.91 Å². The fourth-order valence-electron chi connectivity index (χ4n) is 1.60. The quantitative estimate of drug-likeness (QED) is 0.570. The number of rotatable bonds is 5. The molecule has 1 unspecified atom stereocenters. The third kappa shape index (κ3) is 3.12. The summed E-state index contributed by atoms with van der Waals surface area (Å²) >= 11 is 4.16. The minimum absolute atomic E-state index is 0.0828. The highest BCUT2D eigenvalue weighted by molar-refractivity contribution is 7.80. The second-order valence-corrected chi connectivity index (χ2v) is 4.54. The van der Waals surface area contributed by atoms with Gasteiger partial charge < -0.3 is 4.90 Å². The highest BCUT2D eigenvalue weighted by Gasteiger charge is 2.32. The first kappa shape index (κ1) is 12.4. The van der Waals surface area contributed by atoms with E-state index in [-0.39, 0.29) is 18.5 Å². The molecule has 86 valence electrons. The lowest BCUT2D eigenvalue weighted by molar-refractivity contribution is -0.125. The second kappa shape index (κ2) is 5.39. The molecule has 1 saturated heterocycles. The predicted octanol–water partition coefficient (Wildman–Crippen LogP) is 1.23. The van der Waals surface area contributed by atoms with Gasteiger partial charge in [-0.1, -0.05) is 6.92 Å². The summed E-state index contributed by atoms with van der Waals surface area (Å²) in [5.74, 6) is 1.28. The van der Waals surface area contributed by atoms with Crippen molar-refractivity contribution in [2.45, 2.75) is 19.8 Å². The van der Waals surface area contributed by atoms with Crippen LogP contribution in [0.1, 0.15) is 19.8 Å². The first-order valence-electron chi connectivity index (χ1n) is 5.22. The van der Waals surface area contributed by atoms with Gasteiger partial charge >= 0.3 is 6.03 Å². The first-order valence-corrected chi connectivity index (χ1v) is 5.85. The van der Waals surface area contributed by atoms with Crippen LogP contribution in [0, 0.1) is 5.92 Å². The Kier molecular flexibility index (Phi) is 4.45. The van der Waals surface area contributed by atoms with E-state index in [2.05, 4.69) is 19.6 Å². The van der Waals surface area contributed by atoms with Gasteiger partial charge in [-0.05, 0) is 24.5 Å². The maximum Gasteiger partial charge on any atom is 0.326 e. The molecule has 1 aliphatic heterocycles. The molecule has 0 spiro atoms. The van der Waals surface area contributed by atoms with Gasteiger partial charge in [0.05, 0.1) is 0 Å². The van der Waals surface area contributed by atoms with Gasteiger partial charge in [-0.3, -0.25) is 9.69 Å². The molecule has 1 heterocycles. The molecule has 3 amide bonds. The molecule has 0 radical (unpaired) electrons. The Morgan fingerprint density at radius 3 is 2.53 bits per heavy atom. The number of carbonyl (C=O) groups is 2. The third-order valence-electron chi connectivity index (χ3n) is 2.70. The van der Waals surface area contributed by atoms with Crippen molar-refractivity contribution < 1.29 is 9.59 Å². The molecule has 0 aromatic heterocycles. The molecule has 1 rings (SSSR count). The van der Waals surface area contributed by atoms with Crippen molar-refractivity contribution in [3.63, 3.8) is 0 Å². The van der Waals surface area contributed by atoms with E-state index in [9.17, 15) is 9.59 Å². The highest BCUT2D eigenvalue weighted by Crippen LogP contribution is 2.13. The Balaban J connectivity index is 2.38. The standard InChI is InChI=1S/C10H18N2O2S/c1-8(4-6-15)3-5-12-9(13)7-11(2)10(12)14/h8,15H,3-7H2,1-2H3. The zero-order chi connectivity index (χ0) is 11.4. The van der Waals surface area contributed by atoms with Crippen molar-refractivity contribution in [1.29, 1.82) is 0 Å². The fourth-order valence-corrected chi connectivity index (χ4v) is 2.04. The average molecular weight is 230 g/mol. The molecule has 0 bridgehead atoms. The van der Waals surface area contributed by atoms with Crippen LogP contribution in [0.4, 0.5) is 4.79 Å². The summed E-state index contributed by atoms with van der Waals surface area (Å²) < 4.78 is 0. The summed E-state index contributed by atoms with van der Waals surface area (Å²) in [5.41, 5.74) is 0. The van der Waals surface area contributed by atoms with E-state index in [0.29, 0.717) is 12.5 Å². The molecule has 15 heavy (non-hydrogen) atoms. The van der Waals surface area contributed by atoms with Crippen molar-refractivity contribution >= 4 is 24.6 Å². The molecule has 4 nitrogen and oxygen atoms in total. The van der Waals surface area contributed by atoms with Crippen molar-refractivity contribution in [3.05, 3.63) is 0 Å². The van der Waals surface area contributed by atoms with E-state index in [1.54, 1.807) is 7.05 Å². The third-order valence-corrected chi connectivity index (χ3v) is 2.96. The Hall–Kier alpha value is -0.710. The number of thiol groups is 1. The SMILES string of the molecule is CC(CCS)CCN1C(=O)CN(C)C1=O. The fraction of sp³-hybridized carbons (Fsp3) is 0.800. The molecule has 0 aromatic carbocycles. The van der Waals surface area contributed by atoms with Gasteiger partial charge in [0.1, 0.15) is 6.54 Å². The smallest absolute Gasteiger partial charge is 0.318 e. The molecule has 0 aromatic rings. The number of nitrogens with zero attached hydrogens (tertiary/aromatic N) is 2. The topological polar surface area (TPSA) is 40.6 Å². The Morgan fingerprint density at radius 2 is 2.07 bits per heavy atom. The van der Waals surface area contributed by atoms with E-state index in [1.165, 1.54) is 9.80 Å². The summed E-state index contributed by atoms with van der Waals surface area (Å²) in [7, 11) is 1.65. The van der Waals surface area contributed by atoms with Crippen molar-refractivity contribution in [2.24, 2.45) is 5.92 Å². The van der Waals surface area contributed by atoms with E-state index in [1.807, 2.05) is 0 Å². The van der Waals surface area contributed by atoms with E-state index >= 15 is 0 Å². The summed E-state index contributed by atoms with van der Waals surface area (Å²) in [6, 6.07) is -0.168. The second-order valence-electron chi connectivity index (χ2n) is 4.09. The average Bonchev–Trinajstić information content (AvgIpc) is 2.40. The van der Waals surface area contributed by atoms with Crippen molar-refractivity contribution in [2.75, 3.05) is 25.9 Å². The van der Waals surface area contributed by atoms with Crippen LogP contribution in [-0.2, 0) is 4.79 Å². The van der Waals surface area contributed by atoms with Crippen LogP contribution < -0.4 is 0 Å². The number of hydrogen-bond acceptors (Lipinski definition) is 3. The van der Waals surface area contributed by atoms with Gasteiger partial charge in [-0.25, -0.2) is 4.79 Å². The van der Waals surface area contributed by atoms with Crippen LogP contribution in [0.2, 0.25) is 0 Å². The monoisotopic (exact) mass is 230 g/mol. The number of hydrogen-bond donors (Lipinski definition) is 1. The minimum atomic E-state index is -0.168. The minimum Gasteiger partial charge on any atom is -0.318 e. The normalized spacial score (nSPS) is 18.9. The first-order chi connectivity index (χ1) is 7.06.